The molecule has 0 bridgehead atoms. The van der Waals surface area contributed by atoms with Crippen LogP contribution in [0.4, 0.5) is 0 Å². The summed E-state index contributed by atoms with van der Waals surface area (Å²) in [6, 6.07) is 5.37. The molecule has 1 aromatic heterocycles. The molecule has 1 aromatic carbocycles. The van der Waals surface area contributed by atoms with Crippen LogP contribution < -0.4 is 14.8 Å². The number of benzene rings is 1. The maximum atomic E-state index is 12.5. The van der Waals surface area contributed by atoms with Crippen molar-refractivity contribution in [3.8, 4) is 11.5 Å². The number of aromatic nitrogens is 3. The molecule has 1 N–H and O–H groups in total. The summed E-state index contributed by atoms with van der Waals surface area (Å²) in [6.07, 6.45) is 1.70. The Morgan fingerprint density at radius 2 is 2.09 bits per heavy atom. The summed E-state index contributed by atoms with van der Waals surface area (Å²) in [5.74, 6) is 3.10. The molecule has 120 valence electrons. The Bertz CT molecular complexity index is 756. The van der Waals surface area contributed by atoms with Crippen molar-refractivity contribution in [3.63, 3.8) is 0 Å². The summed E-state index contributed by atoms with van der Waals surface area (Å²) in [4.78, 5) is 12.5. The van der Waals surface area contributed by atoms with Gasteiger partial charge in [-0.2, -0.15) is 0 Å². The van der Waals surface area contributed by atoms with E-state index in [4.69, 9.17) is 9.47 Å². The fourth-order valence-electron chi connectivity index (χ4n) is 3.03. The highest BCUT2D eigenvalue weighted by Gasteiger charge is 2.23. The van der Waals surface area contributed by atoms with E-state index < -0.39 is 0 Å². The van der Waals surface area contributed by atoms with Gasteiger partial charge in [-0.15, -0.1) is 10.2 Å². The monoisotopic (exact) mass is 314 g/mol. The Labute approximate surface area is 133 Å². The zero-order valence-electron chi connectivity index (χ0n) is 12.9. The highest BCUT2D eigenvalue weighted by molar-refractivity contribution is 5.95. The van der Waals surface area contributed by atoms with Crippen molar-refractivity contribution >= 4 is 5.91 Å². The van der Waals surface area contributed by atoms with Gasteiger partial charge in [0.2, 0.25) is 0 Å². The summed E-state index contributed by atoms with van der Waals surface area (Å²) >= 11 is 0. The number of fused-ring (bicyclic) bond motifs is 2. The molecule has 0 saturated heterocycles. The van der Waals surface area contributed by atoms with Gasteiger partial charge in [-0.05, 0) is 31.5 Å². The molecular formula is C16H18N4O3. The number of carbonyl (C=O) groups is 1. The van der Waals surface area contributed by atoms with E-state index >= 15 is 0 Å². The van der Waals surface area contributed by atoms with E-state index in [0.717, 1.165) is 24.5 Å². The first-order valence-corrected chi connectivity index (χ1v) is 7.80. The van der Waals surface area contributed by atoms with Gasteiger partial charge in [0.05, 0.1) is 0 Å². The van der Waals surface area contributed by atoms with E-state index in [-0.39, 0.29) is 11.9 Å². The second-order valence-electron chi connectivity index (χ2n) is 5.84. The lowest BCUT2D eigenvalue weighted by atomic mass is 10.1. The quantitative estimate of drug-likeness (QED) is 0.898. The average Bonchev–Trinajstić information content (AvgIpc) is 2.95. The van der Waals surface area contributed by atoms with Gasteiger partial charge in [0, 0.05) is 24.6 Å². The molecule has 4 rings (SSSR count). The molecule has 1 amide bonds. The number of nitrogens with zero attached hydrogens (tertiary/aromatic N) is 3. The van der Waals surface area contributed by atoms with E-state index in [1.807, 2.05) is 6.92 Å². The molecule has 0 radical (unpaired) electrons. The van der Waals surface area contributed by atoms with Crippen LogP contribution in [0.25, 0.3) is 0 Å². The molecular weight excluding hydrogens is 296 g/mol. The number of nitrogens with one attached hydrogen (secondary N) is 1. The van der Waals surface area contributed by atoms with Crippen molar-refractivity contribution in [2.45, 2.75) is 32.4 Å². The maximum absolute atomic E-state index is 12.5. The number of ether oxygens (including phenoxy) is 2. The highest BCUT2D eigenvalue weighted by Crippen LogP contribution is 2.30. The Hall–Kier alpha value is -2.57. The van der Waals surface area contributed by atoms with Crippen molar-refractivity contribution in [2.75, 3.05) is 13.2 Å². The number of carbonyl (C=O) groups excluding carboxylic acids is 1. The molecule has 2 aliphatic heterocycles. The van der Waals surface area contributed by atoms with Gasteiger partial charge in [0.15, 0.2) is 11.5 Å². The number of aryl methyl sites for hydroxylation is 2. The van der Waals surface area contributed by atoms with Gasteiger partial charge in [0.25, 0.3) is 5.91 Å². The zero-order valence-corrected chi connectivity index (χ0v) is 12.9. The second kappa shape index (κ2) is 5.57. The van der Waals surface area contributed by atoms with Crippen LogP contribution >= 0.6 is 0 Å². The van der Waals surface area contributed by atoms with Gasteiger partial charge in [0.1, 0.15) is 24.9 Å². The fraction of sp³-hybridized carbons (Fsp3) is 0.438. The third-order valence-electron chi connectivity index (χ3n) is 4.27. The van der Waals surface area contributed by atoms with Gasteiger partial charge < -0.3 is 19.4 Å². The van der Waals surface area contributed by atoms with Crippen molar-refractivity contribution in [1.29, 1.82) is 0 Å². The third-order valence-corrected chi connectivity index (χ3v) is 4.27. The first-order chi connectivity index (χ1) is 11.2. The first-order valence-electron chi connectivity index (χ1n) is 7.80. The second-order valence-corrected chi connectivity index (χ2v) is 5.84. The zero-order chi connectivity index (χ0) is 15.8. The lowest BCUT2D eigenvalue weighted by Gasteiger charge is -2.25. The Balaban J connectivity index is 1.47. The molecule has 0 aliphatic carbocycles. The predicted octanol–water partition coefficient (Wildman–Crippen LogP) is 1.10. The van der Waals surface area contributed by atoms with Crippen LogP contribution in [0.15, 0.2) is 18.2 Å². The smallest absolute Gasteiger partial charge is 0.251 e. The number of amides is 1. The molecule has 7 nitrogen and oxygen atoms in total. The normalized spacial score (nSPS) is 19.1. The Kier molecular flexibility index (Phi) is 3.40. The van der Waals surface area contributed by atoms with Gasteiger partial charge >= 0.3 is 0 Å². The largest absolute Gasteiger partial charge is 0.486 e. The van der Waals surface area contributed by atoms with Gasteiger partial charge in [-0.25, -0.2) is 0 Å². The molecule has 2 aliphatic rings. The van der Waals surface area contributed by atoms with E-state index in [1.54, 1.807) is 18.2 Å². The summed E-state index contributed by atoms with van der Waals surface area (Å²) in [7, 11) is 0. The van der Waals surface area contributed by atoms with Crippen molar-refractivity contribution in [1.82, 2.24) is 20.1 Å². The van der Waals surface area contributed by atoms with Crippen LogP contribution in [0.5, 0.6) is 11.5 Å². The summed E-state index contributed by atoms with van der Waals surface area (Å²) in [6.45, 7) is 3.70. The summed E-state index contributed by atoms with van der Waals surface area (Å²) < 4.78 is 13.1. The van der Waals surface area contributed by atoms with E-state index in [0.29, 0.717) is 36.8 Å². The molecule has 0 spiro atoms. The van der Waals surface area contributed by atoms with Crippen molar-refractivity contribution in [3.05, 3.63) is 35.4 Å². The van der Waals surface area contributed by atoms with Crippen molar-refractivity contribution in [2.24, 2.45) is 0 Å². The van der Waals surface area contributed by atoms with Crippen LogP contribution in [-0.2, 0) is 13.0 Å². The SMILES string of the molecule is Cc1nnc2n1C[C@@H](NC(=O)c1ccc3c(c1)OCCO3)CC2. The molecule has 23 heavy (non-hydrogen) atoms. The Morgan fingerprint density at radius 1 is 1.26 bits per heavy atom. The molecule has 3 heterocycles. The van der Waals surface area contributed by atoms with Crippen LogP contribution in [0, 0.1) is 6.92 Å². The topological polar surface area (TPSA) is 78.3 Å². The first kappa shape index (κ1) is 14.0. The molecule has 0 saturated carbocycles. The highest BCUT2D eigenvalue weighted by atomic mass is 16.6. The van der Waals surface area contributed by atoms with E-state index in [2.05, 4.69) is 20.1 Å². The van der Waals surface area contributed by atoms with Crippen LogP contribution in [0.1, 0.15) is 28.4 Å². The average molecular weight is 314 g/mol. The minimum Gasteiger partial charge on any atom is -0.486 e. The third kappa shape index (κ3) is 2.62. The molecule has 0 unspecified atom stereocenters. The standard InChI is InChI=1S/C16H18N4O3/c1-10-18-19-15-5-3-12(9-20(10)15)17-16(21)11-2-4-13-14(8-11)23-7-6-22-13/h2,4,8,12H,3,5-7,9H2,1H3,(H,17,21)/t12-/m0/s1. The van der Waals surface area contributed by atoms with Crippen LogP contribution in [-0.4, -0.2) is 39.9 Å². The number of hydrogen-bond acceptors (Lipinski definition) is 5. The summed E-state index contributed by atoms with van der Waals surface area (Å²) in [5.41, 5.74) is 0.584. The Morgan fingerprint density at radius 3 is 2.96 bits per heavy atom. The molecule has 2 aromatic rings. The lowest BCUT2D eigenvalue weighted by Crippen LogP contribution is -2.41. The number of rotatable bonds is 2. The lowest BCUT2D eigenvalue weighted by molar-refractivity contribution is 0.0926. The van der Waals surface area contributed by atoms with E-state index in [1.165, 1.54) is 0 Å². The number of hydrogen-bond donors (Lipinski definition) is 1. The molecule has 0 fully saturated rings. The van der Waals surface area contributed by atoms with Crippen LogP contribution in [0.2, 0.25) is 0 Å². The predicted molar refractivity (Wildman–Crippen MR) is 81.8 cm³/mol. The minimum atomic E-state index is -0.0962. The summed E-state index contributed by atoms with van der Waals surface area (Å²) in [5, 5.41) is 11.3. The van der Waals surface area contributed by atoms with Gasteiger partial charge in [-0.1, -0.05) is 0 Å². The van der Waals surface area contributed by atoms with E-state index in [9.17, 15) is 4.79 Å². The maximum Gasteiger partial charge on any atom is 0.251 e. The van der Waals surface area contributed by atoms with Crippen LogP contribution in [0.3, 0.4) is 0 Å². The fourth-order valence-corrected chi connectivity index (χ4v) is 3.03. The molecule has 1 atom stereocenters. The minimum absolute atomic E-state index is 0.0814. The molecule has 7 heteroatoms. The van der Waals surface area contributed by atoms with Gasteiger partial charge in [-0.3, -0.25) is 4.79 Å². The van der Waals surface area contributed by atoms with Crippen molar-refractivity contribution < 1.29 is 14.3 Å².